The number of esters is 1. The van der Waals surface area contributed by atoms with Gasteiger partial charge in [-0.3, -0.25) is 0 Å². The van der Waals surface area contributed by atoms with Crippen molar-refractivity contribution in [2.45, 2.75) is 20.8 Å². The molecule has 0 heterocycles. The zero-order valence-corrected chi connectivity index (χ0v) is 15.4. The van der Waals surface area contributed by atoms with Gasteiger partial charge in [-0.25, -0.2) is 9.59 Å². The molecule has 0 aliphatic rings. The Hall–Kier alpha value is -3.02. The molecule has 0 spiro atoms. The minimum Gasteiger partial charge on any atom is -0.462 e. The van der Waals surface area contributed by atoms with Crippen molar-refractivity contribution < 1.29 is 14.3 Å². The molecule has 2 aromatic rings. The summed E-state index contributed by atoms with van der Waals surface area (Å²) in [5.74, 6) is -0.378. The Morgan fingerprint density at radius 3 is 1.81 bits per heavy atom. The maximum absolute atomic E-state index is 12.1. The van der Waals surface area contributed by atoms with E-state index in [1.165, 1.54) is 0 Å². The summed E-state index contributed by atoms with van der Waals surface area (Å²) in [6.07, 6.45) is 0. The van der Waals surface area contributed by atoms with Gasteiger partial charge < -0.3 is 20.3 Å². The minimum absolute atomic E-state index is 0.328. The number of benzene rings is 2. The molecule has 2 amide bonds. The summed E-state index contributed by atoms with van der Waals surface area (Å²) < 4.78 is 4.93. The highest BCUT2D eigenvalue weighted by Gasteiger charge is 2.08. The molecule has 2 N–H and O–H groups in total. The van der Waals surface area contributed by atoms with Gasteiger partial charge in [-0.1, -0.05) is 0 Å². The van der Waals surface area contributed by atoms with Gasteiger partial charge in [0, 0.05) is 30.2 Å². The SMILES string of the molecule is CCOC(=O)c1ccc(NC(=O)Nc2ccc(N(CC)CC)cc2)cc1. The standard InChI is InChI=1S/C20H25N3O3/c1-4-23(5-2)18-13-11-17(12-14-18)22-20(25)21-16-9-7-15(8-10-16)19(24)26-6-3/h7-14H,4-6H2,1-3H3,(H2,21,22,25). The third-order valence-corrected chi connectivity index (χ3v) is 3.91. The van der Waals surface area contributed by atoms with E-state index < -0.39 is 0 Å². The van der Waals surface area contributed by atoms with Crippen LogP contribution in [0.2, 0.25) is 0 Å². The smallest absolute Gasteiger partial charge is 0.338 e. The van der Waals surface area contributed by atoms with Crippen LogP contribution in [0.1, 0.15) is 31.1 Å². The van der Waals surface area contributed by atoms with Gasteiger partial charge in [0.25, 0.3) is 0 Å². The predicted octanol–water partition coefficient (Wildman–Crippen LogP) is 4.35. The van der Waals surface area contributed by atoms with Crippen molar-refractivity contribution in [3.8, 4) is 0 Å². The normalized spacial score (nSPS) is 10.1. The van der Waals surface area contributed by atoms with Crippen LogP contribution >= 0.6 is 0 Å². The maximum atomic E-state index is 12.1. The van der Waals surface area contributed by atoms with E-state index in [2.05, 4.69) is 29.4 Å². The van der Waals surface area contributed by atoms with Crippen molar-refractivity contribution in [1.82, 2.24) is 0 Å². The molecular formula is C20H25N3O3. The molecule has 6 nitrogen and oxygen atoms in total. The average molecular weight is 355 g/mol. The minimum atomic E-state index is -0.378. The molecule has 6 heteroatoms. The lowest BCUT2D eigenvalue weighted by Crippen LogP contribution is -2.22. The van der Waals surface area contributed by atoms with E-state index in [1.807, 2.05) is 24.3 Å². The summed E-state index contributed by atoms with van der Waals surface area (Å²) >= 11 is 0. The van der Waals surface area contributed by atoms with Gasteiger partial charge in [-0.05, 0) is 69.3 Å². The van der Waals surface area contributed by atoms with Crippen LogP contribution in [0, 0.1) is 0 Å². The fourth-order valence-electron chi connectivity index (χ4n) is 2.54. The number of rotatable bonds is 7. The van der Waals surface area contributed by atoms with Crippen LogP contribution in [0.15, 0.2) is 48.5 Å². The van der Waals surface area contributed by atoms with Gasteiger partial charge in [-0.15, -0.1) is 0 Å². The Balaban J connectivity index is 1.93. The molecule has 0 atom stereocenters. The molecule has 138 valence electrons. The first-order valence-electron chi connectivity index (χ1n) is 8.77. The molecule has 0 aliphatic heterocycles. The van der Waals surface area contributed by atoms with Crippen molar-refractivity contribution in [2.75, 3.05) is 35.2 Å². The number of hydrogen-bond donors (Lipinski definition) is 2. The summed E-state index contributed by atoms with van der Waals surface area (Å²) in [4.78, 5) is 26.0. The number of carbonyl (C=O) groups excluding carboxylic acids is 2. The number of nitrogens with one attached hydrogen (secondary N) is 2. The Kier molecular flexibility index (Phi) is 7.02. The Bertz CT molecular complexity index is 723. The summed E-state index contributed by atoms with van der Waals surface area (Å²) in [6.45, 7) is 8.17. The topological polar surface area (TPSA) is 70.7 Å². The van der Waals surface area contributed by atoms with Crippen molar-refractivity contribution in [1.29, 1.82) is 0 Å². The largest absolute Gasteiger partial charge is 0.462 e. The number of ether oxygens (including phenoxy) is 1. The van der Waals surface area contributed by atoms with E-state index >= 15 is 0 Å². The lowest BCUT2D eigenvalue weighted by atomic mass is 10.2. The van der Waals surface area contributed by atoms with Crippen LogP contribution in [0.4, 0.5) is 21.9 Å². The first-order valence-corrected chi connectivity index (χ1v) is 8.77. The molecule has 0 aromatic heterocycles. The summed E-state index contributed by atoms with van der Waals surface area (Å²) in [7, 11) is 0. The third-order valence-electron chi connectivity index (χ3n) is 3.91. The molecule has 0 aliphatic carbocycles. The van der Waals surface area contributed by atoms with Crippen LogP contribution in [0.5, 0.6) is 0 Å². The van der Waals surface area contributed by atoms with Crippen LogP contribution in [-0.2, 0) is 4.74 Å². The van der Waals surface area contributed by atoms with Gasteiger partial charge in [0.1, 0.15) is 0 Å². The number of amides is 2. The molecule has 0 unspecified atom stereocenters. The number of carbonyl (C=O) groups is 2. The van der Waals surface area contributed by atoms with E-state index in [9.17, 15) is 9.59 Å². The van der Waals surface area contributed by atoms with Crippen LogP contribution in [-0.4, -0.2) is 31.7 Å². The van der Waals surface area contributed by atoms with E-state index in [0.29, 0.717) is 23.5 Å². The molecule has 0 bridgehead atoms. The van der Waals surface area contributed by atoms with Crippen LogP contribution in [0.3, 0.4) is 0 Å². The van der Waals surface area contributed by atoms with Gasteiger partial charge in [0.15, 0.2) is 0 Å². The quantitative estimate of drug-likeness (QED) is 0.724. The molecular weight excluding hydrogens is 330 g/mol. The second-order valence-electron chi connectivity index (χ2n) is 5.60. The van der Waals surface area contributed by atoms with Crippen LogP contribution < -0.4 is 15.5 Å². The molecule has 0 saturated heterocycles. The molecule has 0 radical (unpaired) electrons. The van der Waals surface area contributed by atoms with Gasteiger partial charge in [0.05, 0.1) is 12.2 Å². The Morgan fingerprint density at radius 1 is 0.846 bits per heavy atom. The van der Waals surface area contributed by atoms with Crippen molar-refractivity contribution in [3.05, 3.63) is 54.1 Å². The summed E-state index contributed by atoms with van der Waals surface area (Å²) in [6, 6.07) is 13.9. The van der Waals surface area contributed by atoms with E-state index in [1.54, 1.807) is 31.2 Å². The second-order valence-corrected chi connectivity index (χ2v) is 5.60. The lowest BCUT2D eigenvalue weighted by Gasteiger charge is -2.21. The molecule has 0 fully saturated rings. The Labute approximate surface area is 154 Å². The first-order chi connectivity index (χ1) is 12.6. The highest BCUT2D eigenvalue weighted by molar-refractivity contribution is 6.00. The molecule has 2 rings (SSSR count). The Morgan fingerprint density at radius 2 is 1.35 bits per heavy atom. The van der Waals surface area contributed by atoms with Crippen LogP contribution in [0.25, 0.3) is 0 Å². The van der Waals surface area contributed by atoms with Gasteiger partial charge in [-0.2, -0.15) is 0 Å². The zero-order valence-electron chi connectivity index (χ0n) is 15.4. The molecule has 0 saturated carbocycles. The van der Waals surface area contributed by atoms with E-state index in [0.717, 1.165) is 18.8 Å². The highest BCUT2D eigenvalue weighted by atomic mass is 16.5. The summed E-state index contributed by atoms with van der Waals surface area (Å²) in [5.41, 5.74) is 2.87. The lowest BCUT2D eigenvalue weighted by molar-refractivity contribution is 0.0526. The number of nitrogens with zero attached hydrogens (tertiary/aromatic N) is 1. The zero-order chi connectivity index (χ0) is 18.9. The van der Waals surface area contributed by atoms with Crippen molar-refractivity contribution >= 4 is 29.1 Å². The van der Waals surface area contributed by atoms with Crippen molar-refractivity contribution in [3.63, 3.8) is 0 Å². The second kappa shape index (κ2) is 9.46. The monoisotopic (exact) mass is 355 g/mol. The summed E-state index contributed by atoms with van der Waals surface area (Å²) in [5, 5.41) is 5.53. The number of urea groups is 1. The van der Waals surface area contributed by atoms with E-state index in [-0.39, 0.29) is 12.0 Å². The number of anilines is 3. The fourth-order valence-corrected chi connectivity index (χ4v) is 2.54. The molecule has 2 aromatic carbocycles. The first kappa shape index (κ1) is 19.3. The van der Waals surface area contributed by atoms with Gasteiger partial charge in [0.2, 0.25) is 0 Å². The number of hydrogen-bond acceptors (Lipinski definition) is 4. The average Bonchev–Trinajstić information content (AvgIpc) is 2.65. The maximum Gasteiger partial charge on any atom is 0.338 e. The third kappa shape index (κ3) is 5.24. The van der Waals surface area contributed by atoms with Crippen molar-refractivity contribution in [2.24, 2.45) is 0 Å². The predicted molar refractivity (Wildman–Crippen MR) is 105 cm³/mol. The van der Waals surface area contributed by atoms with Gasteiger partial charge >= 0.3 is 12.0 Å². The van der Waals surface area contributed by atoms with E-state index in [4.69, 9.17) is 4.74 Å². The fraction of sp³-hybridized carbons (Fsp3) is 0.300. The molecule has 26 heavy (non-hydrogen) atoms. The highest BCUT2D eigenvalue weighted by Crippen LogP contribution is 2.18.